The summed E-state index contributed by atoms with van der Waals surface area (Å²) < 4.78 is 11.3. The van der Waals surface area contributed by atoms with E-state index in [0.717, 1.165) is 29.6 Å². The van der Waals surface area contributed by atoms with E-state index in [0.29, 0.717) is 19.0 Å². The number of aryl methyl sites for hydroxylation is 1. The van der Waals surface area contributed by atoms with Crippen LogP contribution in [0.5, 0.6) is 0 Å². The van der Waals surface area contributed by atoms with Crippen LogP contribution in [-0.4, -0.2) is 49.2 Å². The van der Waals surface area contributed by atoms with Gasteiger partial charge in [0.1, 0.15) is 5.58 Å². The van der Waals surface area contributed by atoms with Gasteiger partial charge in [0, 0.05) is 5.39 Å². The number of fused-ring (bicyclic) bond motifs is 1. The molecule has 23 heavy (non-hydrogen) atoms. The van der Waals surface area contributed by atoms with Crippen molar-refractivity contribution < 1.29 is 13.9 Å². The van der Waals surface area contributed by atoms with E-state index >= 15 is 0 Å². The van der Waals surface area contributed by atoms with Gasteiger partial charge in [0.2, 0.25) is 0 Å². The number of nitrogens with zero attached hydrogens (tertiary/aromatic N) is 1. The lowest BCUT2D eigenvalue weighted by Gasteiger charge is -2.27. The van der Waals surface area contributed by atoms with Crippen molar-refractivity contribution in [2.24, 2.45) is 0 Å². The molecule has 0 bridgehead atoms. The Balaban J connectivity index is 1.49. The molecule has 5 heteroatoms. The summed E-state index contributed by atoms with van der Waals surface area (Å²) in [6, 6.07) is 8.07. The number of furan rings is 1. The van der Waals surface area contributed by atoms with Crippen LogP contribution in [0.3, 0.4) is 0 Å². The Hall–Kier alpha value is -1.85. The van der Waals surface area contributed by atoms with Crippen LogP contribution in [0.1, 0.15) is 29.0 Å². The van der Waals surface area contributed by atoms with E-state index in [9.17, 15) is 4.79 Å². The van der Waals surface area contributed by atoms with Crippen molar-refractivity contribution in [1.29, 1.82) is 0 Å². The number of benzene rings is 1. The highest BCUT2D eigenvalue weighted by atomic mass is 16.5. The highest BCUT2D eigenvalue weighted by Gasteiger charge is 2.35. The molecule has 1 N–H and O–H groups in total. The second-order valence-corrected chi connectivity index (χ2v) is 6.58. The Bertz CT molecular complexity index is 718. The first kappa shape index (κ1) is 14.7. The number of likely N-dealkylation sites (tertiary alicyclic amines) is 1. The zero-order valence-corrected chi connectivity index (χ0v) is 13.4. The van der Waals surface area contributed by atoms with Crippen LogP contribution in [0.2, 0.25) is 0 Å². The number of carbonyl (C=O) groups is 1. The molecule has 2 fully saturated rings. The fraction of sp³-hybridized carbons (Fsp3) is 0.500. The molecule has 2 atom stereocenters. The number of hydrogen-bond donors (Lipinski definition) is 1. The number of rotatable bonds is 3. The maximum Gasteiger partial charge on any atom is 0.287 e. The van der Waals surface area contributed by atoms with E-state index < -0.39 is 0 Å². The Labute approximate surface area is 135 Å². The van der Waals surface area contributed by atoms with Gasteiger partial charge in [-0.2, -0.15) is 0 Å². The zero-order chi connectivity index (χ0) is 15.8. The van der Waals surface area contributed by atoms with Crippen molar-refractivity contribution in [1.82, 2.24) is 10.2 Å². The summed E-state index contributed by atoms with van der Waals surface area (Å²) in [5, 5.41) is 4.06. The smallest absolute Gasteiger partial charge is 0.287 e. The quantitative estimate of drug-likeness (QED) is 0.945. The van der Waals surface area contributed by atoms with Gasteiger partial charge < -0.3 is 14.5 Å². The van der Waals surface area contributed by atoms with Crippen molar-refractivity contribution in [2.75, 3.05) is 26.3 Å². The molecule has 0 spiro atoms. The van der Waals surface area contributed by atoms with E-state index in [-0.39, 0.29) is 18.0 Å². The first-order valence-corrected chi connectivity index (χ1v) is 8.33. The average Bonchev–Trinajstić information content (AvgIpc) is 3.26. The lowest BCUT2D eigenvalue weighted by atomic mass is 10.1. The molecule has 1 aromatic carbocycles. The second-order valence-electron chi connectivity index (χ2n) is 6.58. The largest absolute Gasteiger partial charge is 0.451 e. The molecule has 2 aromatic rings. The summed E-state index contributed by atoms with van der Waals surface area (Å²) in [7, 11) is 0. The minimum atomic E-state index is -0.154. The number of hydrogen-bond acceptors (Lipinski definition) is 4. The highest BCUT2D eigenvalue weighted by Crippen LogP contribution is 2.22. The molecular weight excluding hydrogens is 292 g/mol. The zero-order valence-electron chi connectivity index (χ0n) is 13.4. The van der Waals surface area contributed by atoms with E-state index in [1.54, 1.807) is 0 Å². The summed E-state index contributed by atoms with van der Waals surface area (Å²) in [4.78, 5) is 15.0. The van der Waals surface area contributed by atoms with Crippen LogP contribution >= 0.6 is 0 Å². The Kier molecular flexibility index (Phi) is 3.83. The van der Waals surface area contributed by atoms with Crippen LogP contribution in [0.25, 0.3) is 11.0 Å². The van der Waals surface area contributed by atoms with Gasteiger partial charge in [0.25, 0.3) is 5.91 Å². The van der Waals surface area contributed by atoms with Crippen molar-refractivity contribution in [3.05, 3.63) is 35.6 Å². The number of nitrogens with one attached hydrogen (secondary N) is 1. The first-order valence-electron chi connectivity index (χ1n) is 8.33. The number of ether oxygens (including phenoxy) is 1. The van der Waals surface area contributed by atoms with Gasteiger partial charge in [-0.05, 0) is 51.1 Å². The van der Waals surface area contributed by atoms with E-state index in [2.05, 4.69) is 10.2 Å². The fourth-order valence-corrected chi connectivity index (χ4v) is 3.63. The predicted molar refractivity (Wildman–Crippen MR) is 87.6 cm³/mol. The van der Waals surface area contributed by atoms with Crippen molar-refractivity contribution in [3.63, 3.8) is 0 Å². The van der Waals surface area contributed by atoms with E-state index in [4.69, 9.17) is 9.15 Å². The van der Waals surface area contributed by atoms with Gasteiger partial charge in [0.15, 0.2) is 5.76 Å². The maximum absolute atomic E-state index is 12.5. The van der Waals surface area contributed by atoms with Gasteiger partial charge in [-0.3, -0.25) is 9.69 Å². The molecule has 0 radical (unpaired) electrons. The van der Waals surface area contributed by atoms with Crippen LogP contribution in [0.4, 0.5) is 0 Å². The molecule has 2 aliphatic rings. The maximum atomic E-state index is 12.5. The minimum absolute atomic E-state index is 0.0375. The first-order chi connectivity index (χ1) is 11.2. The van der Waals surface area contributed by atoms with E-state index in [1.807, 2.05) is 31.2 Å². The monoisotopic (exact) mass is 314 g/mol. The van der Waals surface area contributed by atoms with Crippen LogP contribution in [-0.2, 0) is 4.74 Å². The van der Waals surface area contributed by atoms with E-state index in [1.165, 1.54) is 12.8 Å². The lowest BCUT2D eigenvalue weighted by molar-refractivity contribution is 0.0890. The van der Waals surface area contributed by atoms with Gasteiger partial charge in [-0.25, -0.2) is 0 Å². The molecule has 2 aliphatic heterocycles. The second kappa shape index (κ2) is 5.98. The Morgan fingerprint density at radius 3 is 2.87 bits per heavy atom. The molecule has 1 amide bonds. The molecule has 1 aromatic heterocycles. The SMILES string of the molecule is Cc1ccc2oc(C(=O)N[C@@H]3COC[C@H]3N3CCCC3)cc2c1. The third-order valence-electron chi connectivity index (χ3n) is 4.87. The standard InChI is InChI=1S/C18H22N2O3/c1-12-4-5-16-13(8-12)9-17(23-16)18(21)19-14-10-22-11-15(14)20-6-2-3-7-20/h4-5,8-9,14-15H,2-3,6-7,10-11H2,1H3,(H,19,21)/t14-,15-/m1/s1. The van der Waals surface area contributed by atoms with Crippen molar-refractivity contribution >= 4 is 16.9 Å². The van der Waals surface area contributed by atoms with Gasteiger partial charge in [-0.15, -0.1) is 0 Å². The predicted octanol–water partition coefficient (Wildman–Crippen LogP) is 2.33. The number of amides is 1. The summed E-state index contributed by atoms with van der Waals surface area (Å²) in [5.74, 6) is 0.219. The molecule has 0 aliphatic carbocycles. The third-order valence-corrected chi connectivity index (χ3v) is 4.87. The fourth-order valence-electron chi connectivity index (χ4n) is 3.63. The molecule has 2 saturated heterocycles. The van der Waals surface area contributed by atoms with Gasteiger partial charge in [0.05, 0.1) is 25.3 Å². The molecule has 5 nitrogen and oxygen atoms in total. The summed E-state index contributed by atoms with van der Waals surface area (Å²) >= 11 is 0. The van der Waals surface area contributed by atoms with Gasteiger partial charge >= 0.3 is 0 Å². The molecule has 3 heterocycles. The molecule has 0 unspecified atom stereocenters. The normalized spacial score (nSPS) is 25.3. The van der Waals surface area contributed by atoms with Crippen LogP contribution in [0.15, 0.2) is 28.7 Å². The Morgan fingerprint density at radius 2 is 2.04 bits per heavy atom. The van der Waals surface area contributed by atoms with Crippen LogP contribution < -0.4 is 5.32 Å². The minimum Gasteiger partial charge on any atom is -0.451 e. The molecule has 122 valence electrons. The average molecular weight is 314 g/mol. The summed E-state index contributed by atoms with van der Waals surface area (Å²) in [5.41, 5.74) is 1.91. The van der Waals surface area contributed by atoms with Crippen LogP contribution in [0, 0.1) is 6.92 Å². The lowest BCUT2D eigenvalue weighted by Crippen LogP contribution is -2.50. The molecule has 4 rings (SSSR count). The third kappa shape index (κ3) is 2.86. The molecule has 0 saturated carbocycles. The van der Waals surface area contributed by atoms with Crippen molar-refractivity contribution in [2.45, 2.75) is 31.8 Å². The number of carbonyl (C=O) groups excluding carboxylic acids is 1. The Morgan fingerprint density at radius 1 is 1.22 bits per heavy atom. The topological polar surface area (TPSA) is 54.7 Å². The van der Waals surface area contributed by atoms with Crippen molar-refractivity contribution in [3.8, 4) is 0 Å². The van der Waals surface area contributed by atoms with Gasteiger partial charge in [-0.1, -0.05) is 11.6 Å². The molecular formula is C18H22N2O3. The highest BCUT2D eigenvalue weighted by molar-refractivity contribution is 5.96. The summed E-state index contributed by atoms with van der Waals surface area (Å²) in [6.45, 7) is 5.51. The summed E-state index contributed by atoms with van der Waals surface area (Å²) in [6.07, 6.45) is 2.47.